The molecule has 0 bridgehead atoms. The van der Waals surface area contributed by atoms with Gasteiger partial charge in [-0.25, -0.2) is 8.42 Å². The molecule has 0 unspecified atom stereocenters. The first-order valence-corrected chi connectivity index (χ1v) is 5.95. The molecule has 1 fully saturated rings. The molecule has 4 nitrogen and oxygen atoms in total. The van der Waals surface area contributed by atoms with Crippen molar-refractivity contribution in [3.8, 4) is 0 Å². The van der Waals surface area contributed by atoms with E-state index in [1.807, 2.05) is 0 Å². The summed E-state index contributed by atoms with van der Waals surface area (Å²) in [5, 5.41) is 2.53. The number of carbonyl (C=O) groups is 1. The molecule has 6 heteroatoms. The summed E-state index contributed by atoms with van der Waals surface area (Å²) < 4.78 is 21.9. The Hall–Kier alpha value is -0.290. The highest BCUT2D eigenvalue weighted by atomic mass is 35.5. The number of hydrogen-bond donors (Lipinski definition) is 1. The Kier molecular flexibility index (Phi) is 2.95. The van der Waals surface area contributed by atoms with Gasteiger partial charge in [-0.05, 0) is 6.42 Å². The Balaban J connectivity index is 2.43. The molecule has 1 saturated heterocycles. The number of carbonyl (C=O) groups excluding carboxylic acids is 1. The summed E-state index contributed by atoms with van der Waals surface area (Å²) in [5.74, 6) is -0.203. The van der Waals surface area contributed by atoms with E-state index in [0.29, 0.717) is 6.42 Å². The molecule has 1 atom stereocenters. The van der Waals surface area contributed by atoms with Crippen LogP contribution in [0.2, 0.25) is 0 Å². The molecule has 0 aromatic rings. The lowest BCUT2D eigenvalue weighted by Gasteiger charge is -2.07. The Bertz CT molecular complexity index is 275. The number of sulfone groups is 1. The third-order valence-corrected chi connectivity index (χ3v) is 3.73. The highest BCUT2D eigenvalue weighted by Crippen LogP contribution is 2.10. The fourth-order valence-corrected chi connectivity index (χ4v) is 2.93. The number of rotatable bonds is 2. The van der Waals surface area contributed by atoms with Crippen molar-refractivity contribution in [2.24, 2.45) is 0 Å². The summed E-state index contributed by atoms with van der Waals surface area (Å²) in [6.07, 6.45) is 0.505. The van der Waals surface area contributed by atoms with Crippen LogP contribution in [0.5, 0.6) is 0 Å². The fraction of sp³-hybridized carbons (Fsp3) is 0.833. The van der Waals surface area contributed by atoms with Crippen LogP contribution < -0.4 is 5.32 Å². The highest BCUT2D eigenvalue weighted by Gasteiger charge is 2.28. The molecule has 0 aromatic carbocycles. The maximum atomic E-state index is 10.9. The van der Waals surface area contributed by atoms with E-state index in [1.54, 1.807) is 0 Å². The largest absolute Gasteiger partial charge is 0.351 e. The Morgan fingerprint density at radius 1 is 1.58 bits per heavy atom. The summed E-state index contributed by atoms with van der Waals surface area (Å²) >= 11 is 5.24. The lowest BCUT2D eigenvalue weighted by Crippen LogP contribution is -2.36. The van der Waals surface area contributed by atoms with Crippen molar-refractivity contribution in [1.29, 1.82) is 0 Å². The molecule has 1 aliphatic heterocycles. The van der Waals surface area contributed by atoms with E-state index in [0.717, 1.165) is 0 Å². The molecular formula is C6H10ClNO3S. The number of halogens is 1. The van der Waals surface area contributed by atoms with E-state index >= 15 is 0 Å². The van der Waals surface area contributed by atoms with Gasteiger partial charge in [-0.15, -0.1) is 11.6 Å². The van der Waals surface area contributed by atoms with Crippen molar-refractivity contribution < 1.29 is 13.2 Å². The van der Waals surface area contributed by atoms with Crippen molar-refractivity contribution in [2.45, 2.75) is 12.5 Å². The topological polar surface area (TPSA) is 63.2 Å². The Labute approximate surface area is 76.2 Å². The molecule has 0 aromatic heterocycles. The van der Waals surface area contributed by atoms with Crippen molar-refractivity contribution >= 4 is 27.3 Å². The van der Waals surface area contributed by atoms with E-state index < -0.39 is 9.84 Å². The van der Waals surface area contributed by atoms with Crippen LogP contribution in [0.1, 0.15) is 6.42 Å². The summed E-state index contributed by atoms with van der Waals surface area (Å²) in [5.41, 5.74) is 0. The van der Waals surface area contributed by atoms with Gasteiger partial charge in [0.2, 0.25) is 5.91 Å². The molecule has 0 spiro atoms. The summed E-state index contributed by atoms with van der Waals surface area (Å²) in [6.45, 7) is 0. The van der Waals surface area contributed by atoms with Gasteiger partial charge in [0.15, 0.2) is 9.84 Å². The van der Waals surface area contributed by atoms with Gasteiger partial charge in [-0.1, -0.05) is 0 Å². The molecule has 1 heterocycles. The first-order valence-electron chi connectivity index (χ1n) is 3.59. The molecule has 0 saturated carbocycles. The second-order valence-corrected chi connectivity index (χ2v) is 5.30. The standard InChI is InChI=1S/C6H10ClNO3S/c7-3-6(9)8-5-1-2-12(10,11)4-5/h5H,1-4H2,(H,8,9)/t5-/m1/s1. The minimum Gasteiger partial charge on any atom is -0.351 e. The second-order valence-electron chi connectivity index (χ2n) is 2.80. The predicted octanol–water partition coefficient (Wildman–Crippen LogP) is -0.472. The van der Waals surface area contributed by atoms with Gasteiger partial charge >= 0.3 is 0 Å². The van der Waals surface area contributed by atoms with E-state index in [-0.39, 0.29) is 29.3 Å². The minimum atomic E-state index is -2.91. The maximum Gasteiger partial charge on any atom is 0.235 e. The third-order valence-electron chi connectivity index (χ3n) is 1.72. The Morgan fingerprint density at radius 2 is 2.25 bits per heavy atom. The van der Waals surface area contributed by atoms with Gasteiger partial charge < -0.3 is 5.32 Å². The number of nitrogens with one attached hydrogen (secondary N) is 1. The quantitative estimate of drug-likeness (QED) is 0.628. The van der Waals surface area contributed by atoms with Crippen LogP contribution in [0.4, 0.5) is 0 Å². The summed E-state index contributed by atoms with van der Waals surface area (Å²) in [4.78, 5) is 10.7. The molecule has 1 amide bonds. The van der Waals surface area contributed by atoms with Crippen LogP contribution in [-0.2, 0) is 14.6 Å². The second kappa shape index (κ2) is 3.62. The summed E-state index contributed by atoms with van der Waals surface area (Å²) in [6, 6.07) is -0.235. The Morgan fingerprint density at radius 3 is 2.67 bits per heavy atom. The van der Waals surface area contributed by atoms with Gasteiger partial charge in [0.25, 0.3) is 0 Å². The molecule has 70 valence electrons. The van der Waals surface area contributed by atoms with Crippen molar-refractivity contribution in [3.05, 3.63) is 0 Å². The monoisotopic (exact) mass is 211 g/mol. The molecule has 12 heavy (non-hydrogen) atoms. The molecule has 1 aliphatic rings. The molecule has 1 rings (SSSR count). The van der Waals surface area contributed by atoms with Crippen molar-refractivity contribution in [1.82, 2.24) is 5.32 Å². The number of hydrogen-bond acceptors (Lipinski definition) is 3. The van der Waals surface area contributed by atoms with E-state index in [9.17, 15) is 13.2 Å². The van der Waals surface area contributed by atoms with Gasteiger partial charge in [0.05, 0.1) is 11.5 Å². The van der Waals surface area contributed by atoms with Gasteiger partial charge in [-0.2, -0.15) is 0 Å². The van der Waals surface area contributed by atoms with Crippen molar-refractivity contribution in [2.75, 3.05) is 17.4 Å². The molecule has 0 aliphatic carbocycles. The number of amides is 1. The van der Waals surface area contributed by atoms with Crippen LogP contribution >= 0.6 is 11.6 Å². The highest BCUT2D eigenvalue weighted by molar-refractivity contribution is 7.91. The average Bonchev–Trinajstić information content (AvgIpc) is 2.30. The smallest absolute Gasteiger partial charge is 0.235 e. The number of alkyl halides is 1. The third kappa shape index (κ3) is 2.64. The lowest BCUT2D eigenvalue weighted by atomic mass is 10.3. The molecule has 0 radical (unpaired) electrons. The lowest BCUT2D eigenvalue weighted by molar-refractivity contribution is -0.119. The van der Waals surface area contributed by atoms with E-state index in [2.05, 4.69) is 5.32 Å². The normalized spacial score (nSPS) is 26.9. The van der Waals surface area contributed by atoms with E-state index in [4.69, 9.17) is 11.6 Å². The minimum absolute atomic E-state index is 0.0512. The first-order chi connectivity index (χ1) is 5.53. The van der Waals surface area contributed by atoms with Gasteiger partial charge in [0, 0.05) is 6.04 Å². The van der Waals surface area contributed by atoms with Crippen LogP contribution in [0, 0.1) is 0 Å². The van der Waals surface area contributed by atoms with Crippen LogP contribution in [0.15, 0.2) is 0 Å². The van der Waals surface area contributed by atoms with Crippen LogP contribution in [-0.4, -0.2) is 37.8 Å². The average molecular weight is 212 g/mol. The zero-order chi connectivity index (χ0) is 9.19. The van der Waals surface area contributed by atoms with Crippen LogP contribution in [0.3, 0.4) is 0 Å². The van der Waals surface area contributed by atoms with Gasteiger partial charge in [0.1, 0.15) is 5.88 Å². The summed E-state index contributed by atoms with van der Waals surface area (Å²) in [7, 11) is -2.91. The van der Waals surface area contributed by atoms with Gasteiger partial charge in [-0.3, -0.25) is 4.79 Å². The maximum absolute atomic E-state index is 10.9. The van der Waals surface area contributed by atoms with E-state index in [1.165, 1.54) is 0 Å². The fourth-order valence-electron chi connectivity index (χ4n) is 1.18. The zero-order valence-electron chi connectivity index (χ0n) is 6.42. The molecule has 1 N–H and O–H groups in total. The zero-order valence-corrected chi connectivity index (χ0v) is 7.99. The predicted molar refractivity (Wildman–Crippen MR) is 45.9 cm³/mol. The first kappa shape index (κ1) is 9.80. The molecular weight excluding hydrogens is 202 g/mol. The SMILES string of the molecule is O=C(CCl)N[C@@H]1CCS(=O)(=O)C1. The van der Waals surface area contributed by atoms with Crippen molar-refractivity contribution in [3.63, 3.8) is 0 Å². The van der Waals surface area contributed by atoms with Crippen LogP contribution in [0.25, 0.3) is 0 Å².